The molecule has 0 saturated carbocycles. The molecule has 0 aliphatic carbocycles. The molecule has 0 fully saturated rings. The molecule has 1 heterocycles. The van der Waals surface area contributed by atoms with Crippen molar-refractivity contribution in [1.29, 1.82) is 0 Å². The predicted octanol–water partition coefficient (Wildman–Crippen LogP) is 2.51. The lowest BCUT2D eigenvalue weighted by atomic mass is 10.0. The van der Waals surface area contributed by atoms with Gasteiger partial charge in [-0.1, -0.05) is 19.9 Å². The number of hydrogen-bond donors (Lipinski definition) is 1. The highest BCUT2D eigenvalue weighted by atomic mass is 32.1. The average Bonchev–Trinajstić information content (AvgIpc) is 2.85. The largest absolute Gasteiger partial charge is 0.346 e. The van der Waals surface area contributed by atoms with Crippen LogP contribution in [0.15, 0.2) is 17.5 Å². The van der Waals surface area contributed by atoms with Crippen LogP contribution in [-0.2, 0) is 11.2 Å². The molecule has 18 heavy (non-hydrogen) atoms. The zero-order valence-electron chi connectivity index (χ0n) is 11.6. The van der Waals surface area contributed by atoms with E-state index >= 15 is 0 Å². The smallest absolute Gasteiger partial charge is 0.222 e. The molecule has 1 aromatic rings. The van der Waals surface area contributed by atoms with E-state index in [0.717, 1.165) is 19.4 Å². The molecule has 2 N–H and O–H groups in total. The van der Waals surface area contributed by atoms with Crippen LogP contribution in [0.4, 0.5) is 0 Å². The number of hydrogen-bond acceptors (Lipinski definition) is 3. The molecule has 0 bridgehead atoms. The van der Waals surface area contributed by atoms with Gasteiger partial charge in [-0.3, -0.25) is 4.79 Å². The summed E-state index contributed by atoms with van der Waals surface area (Å²) in [6, 6.07) is 4.28. The van der Waals surface area contributed by atoms with E-state index in [0.29, 0.717) is 12.3 Å². The Morgan fingerprint density at radius 1 is 1.50 bits per heavy atom. The first kappa shape index (κ1) is 15.2. The predicted molar refractivity (Wildman–Crippen MR) is 77.7 cm³/mol. The van der Waals surface area contributed by atoms with Gasteiger partial charge in [0, 0.05) is 30.9 Å². The summed E-state index contributed by atoms with van der Waals surface area (Å²) < 4.78 is 0. The molecule has 0 aromatic carbocycles. The van der Waals surface area contributed by atoms with Crippen LogP contribution in [0.5, 0.6) is 0 Å². The van der Waals surface area contributed by atoms with E-state index < -0.39 is 0 Å². The van der Waals surface area contributed by atoms with Crippen LogP contribution in [0, 0.1) is 5.92 Å². The number of rotatable bonds is 7. The monoisotopic (exact) mass is 268 g/mol. The number of nitrogens with zero attached hydrogens (tertiary/aromatic N) is 1. The third-order valence-corrected chi connectivity index (χ3v) is 4.18. The SMILES string of the molecule is CC(C)C(N)CCN(C)C(=O)CCc1cccs1. The van der Waals surface area contributed by atoms with E-state index in [4.69, 9.17) is 5.73 Å². The maximum atomic E-state index is 11.9. The van der Waals surface area contributed by atoms with Crippen LogP contribution in [0.2, 0.25) is 0 Å². The van der Waals surface area contributed by atoms with E-state index in [1.54, 1.807) is 16.2 Å². The number of thiophene rings is 1. The molecule has 0 radical (unpaired) electrons. The van der Waals surface area contributed by atoms with Crippen LogP contribution < -0.4 is 5.73 Å². The van der Waals surface area contributed by atoms with Crippen molar-refractivity contribution in [2.75, 3.05) is 13.6 Å². The van der Waals surface area contributed by atoms with Crippen LogP contribution in [0.3, 0.4) is 0 Å². The maximum Gasteiger partial charge on any atom is 0.222 e. The highest BCUT2D eigenvalue weighted by Crippen LogP contribution is 2.12. The van der Waals surface area contributed by atoms with Crippen molar-refractivity contribution < 1.29 is 4.79 Å². The summed E-state index contributed by atoms with van der Waals surface area (Å²) in [7, 11) is 1.86. The van der Waals surface area contributed by atoms with E-state index in [1.165, 1.54) is 4.88 Å². The van der Waals surface area contributed by atoms with Crippen molar-refractivity contribution in [3.63, 3.8) is 0 Å². The Morgan fingerprint density at radius 3 is 2.78 bits per heavy atom. The molecular formula is C14H24N2OS. The Labute approximate surface area is 114 Å². The highest BCUT2D eigenvalue weighted by molar-refractivity contribution is 7.09. The summed E-state index contributed by atoms with van der Waals surface area (Å²) in [5.74, 6) is 0.680. The molecule has 0 aliphatic rings. The van der Waals surface area contributed by atoms with E-state index in [-0.39, 0.29) is 11.9 Å². The third-order valence-electron chi connectivity index (χ3n) is 3.25. The number of carbonyl (C=O) groups is 1. The lowest BCUT2D eigenvalue weighted by molar-refractivity contribution is -0.129. The van der Waals surface area contributed by atoms with Gasteiger partial charge in [0.15, 0.2) is 0 Å². The molecule has 1 rings (SSSR count). The number of amides is 1. The van der Waals surface area contributed by atoms with Crippen molar-refractivity contribution in [2.24, 2.45) is 11.7 Å². The van der Waals surface area contributed by atoms with Gasteiger partial charge in [0.25, 0.3) is 0 Å². The second kappa shape index (κ2) is 7.54. The lowest BCUT2D eigenvalue weighted by Gasteiger charge is -2.21. The topological polar surface area (TPSA) is 46.3 Å². The van der Waals surface area contributed by atoms with Gasteiger partial charge in [-0.05, 0) is 30.2 Å². The van der Waals surface area contributed by atoms with Crippen molar-refractivity contribution in [2.45, 2.75) is 39.2 Å². The van der Waals surface area contributed by atoms with Crippen molar-refractivity contribution in [1.82, 2.24) is 4.90 Å². The second-order valence-electron chi connectivity index (χ2n) is 5.09. The van der Waals surface area contributed by atoms with Crippen molar-refractivity contribution in [3.05, 3.63) is 22.4 Å². The average molecular weight is 268 g/mol. The van der Waals surface area contributed by atoms with Crippen LogP contribution in [-0.4, -0.2) is 30.4 Å². The summed E-state index contributed by atoms with van der Waals surface area (Å²) in [6.07, 6.45) is 2.31. The van der Waals surface area contributed by atoms with Crippen LogP contribution >= 0.6 is 11.3 Å². The minimum Gasteiger partial charge on any atom is -0.346 e. The van der Waals surface area contributed by atoms with Gasteiger partial charge in [0.05, 0.1) is 0 Å². The number of aryl methyl sites for hydroxylation is 1. The quantitative estimate of drug-likeness (QED) is 0.826. The molecule has 0 spiro atoms. The van der Waals surface area contributed by atoms with Crippen LogP contribution in [0.1, 0.15) is 31.6 Å². The van der Waals surface area contributed by atoms with Gasteiger partial charge in [0.1, 0.15) is 0 Å². The molecular weight excluding hydrogens is 244 g/mol. The molecule has 3 nitrogen and oxygen atoms in total. The number of carbonyl (C=O) groups excluding carboxylic acids is 1. The Kier molecular flexibility index (Phi) is 6.36. The molecule has 1 unspecified atom stereocenters. The third kappa shape index (κ3) is 5.19. The van der Waals surface area contributed by atoms with E-state index in [1.807, 2.05) is 18.5 Å². The first-order valence-corrected chi connectivity index (χ1v) is 7.40. The fourth-order valence-corrected chi connectivity index (χ4v) is 2.39. The van der Waals surface area contributed by atoms with Crippen molar-refractivity contribution in [3.8, 4) is 0 Å². The molecule has 0 saturated heterocycles. The van der Waals surface area contributed by atoms with Gasteiger partial charge in [-0.25, -0.2) is 0 Å². The second-order valence-corrected chi connectivity index (χ2v) is 6.12. The molecule has 102 valence electrons. The summed E-state index contributed by atoms with van der Waals surface area (Å²) in [5, 5.41) is 2.05. The zero-order valence-corrected chi connectivity index (χ0v) is 12.4. The van der Waals surface area contributed by atoms with Gasteiger partial charge >= 0.3 is 0 Å². The summed E-state index contributed by atoms with van der Waals surface area (Å²) in [6.45, 7) is 4.98. The Bertz CT molecular complexity index is 349. The summed E-state index contributed by atoms with van der Waals surface area (Å²) >= 11 is 1.71. The normalized spacial score (nSPS) is 12.7. The van der Waals surface area contributed by atoms with Gasteiger partial charge in [-0.2, -0.15) is 0 Å². The first-order valence-electron chi connectivity index (χ1n) is 6.52. The highest BCUT2D eigenvalue weighted by Gasteiger charge is 2.12. The zero-order chi connectivity index (χ0) is 13.5. The van der Waals surface area contributed by atoms with Crippen LogP contribution in [0.25, 0.3) is 0 Å². The molecule has 0 aliphatic heterocycles. The molecule has 4 heteroatoms. The Morgan fingerprint density at radius 2 is 2.22 bits per heavy atom. The van der Waals surface area contributed by atoms with E-state index in [9.17, 15) is 4.79 Å². The van der Waals surface area contributed by atoms with Crippen molar-refractivity contribution >= 4 is 17.2 Å². The molecule has 1 amide bonds. The van der Waals surface area contributed by atoms with Gasteiger partial charge < -0.3 is 10.6 Å². The summed E-state index contributed by atoms with van der Waals surface area (Å²) in [4.78, 5) is 15.0. The number of nitrogens with two attached hydrogens (primary N) is 1. The lowest BCUT2D eigenvalue weighted by Crippen LogP contribution is -2.34. The van der Waals surface area contributed by atoms with E-state index in [2.05, 4.69) is 19.9 Å². The first-order chi connectivity index (χ1) is 8.50. The fourth-order valence-electron chi connectivity index (χ4n) is 1.68. The fraction of sp³-hybridized carbons (Fsp3) is 0.643. The van der Waals surface area contributed by atoms with Gasteiger partial charge in [0.2, 0.25) is 5.91 Å². The molecule has 1 atom stereocenters. The maximum absolute atomic E-state index is 11.9. The molecule has 1 aromatic heterocycles. The van der Waals surface area contributed by atoms with Gasteiger partial charge in [-0.15, -0.1) is 11.3 Å². The minimum atomic E-state index is 0.178. The minimum absolute atomic E-state index is 0.178. The standard InChI is InChI=1S/C14H24N2OS/c1-11(2)13(15)8-9-16(3)14(17)7-6-12-5-4-10-18-12/h4-5,10-11,13H,6-9,15H2,1-3H3. The Hall–Kier alpha value is -0.870. The summed E-state index contributed by atoms with van der Waals surface area (Å²) in [5.41, 5.74) is 5.98. The Balaban J connectivity index is 2.24.